The van der Waals surface area contributed by atoms with Crippen LogP contribution >= 0.6 is 22.6 Å². The summed E-state index contributed by atoms with van der Waals surface area (Å²) in [5.74, 6) is 0. The standard InChI is InChI=1S/C14H27IO2/c1-14(2,16-3)10-11-17-13-9-7-5-4-6-8-12(13)15/h12-13H,4-11H2,1-3H3. The van der Waals surface area contributed by atoms with Crippen molar-refractivity contribution in [2.45, 2.75) is 74.4 Å². The van der Waals surface area contributed by atoms with Crippen molar-refractivity contribution < 1.29 is 9.47 Å². The quantitative estimate of drug-likeness (QED) is 0.540. The summed E-state index contributed by atoms with van der Waals surface area (Å²) in [6.45, 7) is 5.07. The number of hydrogen-bond donors (Lipinski definition) is 0. The highest BCUT2D eigenvalue weighted by Crippen LogP contribution is 2.26. The second kappa shape index (κ2) is 7.95. The van der Waals surface area contributed by atoms with Crippen molar-refractivity contribution in [1.29, 1.82) is 0 Å². The molecule has 0 aromatic heterocycles. The minimum Gasteiger partial charge on any atom is -0.379 e. The summed E-state index contributed by atoms with van der Waals surface area (Å²) < 4.78 is 12.2. The first kappa shape index (κ1) is 15.7. The lowest BCUT2D eigenvalue weighted by molar-refractivity contribution is -0.0292. The summed E-state index contributed by atoms with van der Waals surface area (Å²) in [4.78, 5) is 0. The molecule has 0 aliphatic heterocycles. The van der Waals surface area contributed by atoms with E-state index in [0.29, 0.717) is 10.0 Å². The molecule has 17 heavy (non-hydrogen) atoms. The highest BCUT2D eigenvalue weighted by atomic mass is 127. The maximum absolute atomic E-state index is 6.08. The molecule has 1 aliphatic rings. The Kier molecular flexibility index (Phi) is 7.34. The van der Waals surface area contributed by atoms with Gasteiger partial charge in [-0.2, -0.15) is 0 Å². The summed E-state index contributed by atoms with van der Waals surface area (Å²) in [7, 11) is 1.77. The third-order valence-electron chi connectivity index (χ3n) is 3.71. The van der Waals surface area contributed by atoms with Crippen LogP contribution in [-0.2, 0) is 9.47 Å². The highest BCUT2D eigenvalue weighted by Gasteiger charge is 2.22. The fourth-order valence-electron chi connectivity index (χ4n) is 2.15. The van der Waals surface area contributed by atoms with Gasteiger partial charge in [-0.15, -0.1) is 0 Å². The molecule has 0 aromatic carbocycles. The molecule has 0 N–H and O–H groups in total. The fraction of sp³-hybridized carbons (Fsp3) is 1.00. The Morgan fingerprint density at radius 1 is 1.12 bits per heavy atom. The average molecular weight is 354 g/mol. The van der Waals surface area contributed by atoms with Crippen molar-refractivity contribution in [3.8, 4) is 0 Å². The summed E-state index contributed by atoms with van der Waals surface area (Å²) >= 11 is 2.57. The predicted molar refractivity (Wildman–Crippen MR) is 81.0 cm³/mol. The van der Waals surface area contributed by atoms with Crippen molar-refractivity contribution in [2.24, 2.45) is 0 Å². The molecule has 0 radical (unpaired) electrons. The Hall–Kier alpha value is 0.650. The molecule has 3 heteroatoms. The van der Waals surface area contributed by atoms with E-state index < -0.39 is 0 Å². The van der Waals surface area contributed by atoms with Crippen molar-refractivity contribution >= 4 is 22.6 Å². The van der Waals surface area contributed by atoms with E-state index in [4.69, 9.17) is 9.47 Å². The van der Waals surface area contributed by atoms with Crippen LogP contribution in [0.4, 0.5) is 0 Å². The van der Waals surface area contributed by atoms with Gasteiger partial charge in [0, 0.05) is 17.6 Å². The molecule has 2 nitrogen and oxygen atoms in total. The molecule has 0 saturated heterocycles. The van der Waals surface area contributed by atoms with E-state index in [2.05, 4.69) is 36.4 Å². The summed E-state index contributed by atoms with van der Waals surface area (Å²) in [6, 6.07) is 0. The molecule has 2 unspecified atom stereocenters. The number of ether oxygens (including phenoxy) is 2. The summed E-state index contributed by atoms with van der Waals surface area (Å²) in [6.07, 6.45) is 9.48. The van der Waals surface area contributed by atoms with Gasteiger partial charge >= 0.3 is 0 Å². The number of hydrogen-bond acceptors (Lipinski definition) is 2. The Morgan fingerprint density at radius 2 is 1.76 bits per heavy atom. The van der Waals surface area contributed by atoms with Gasteiger partial charge < -0.3 is 9.47 Å². The maximum Gasteiger partial charge on any atom is 0.0692 e. The second-order valence-corrected chi connectivity index (χ2v) is 7.23. The maximum atomic E-state index is 6.08. The van der Waals surface area contributed by atoms with Crippen LogP contribution in [0.2, 0.25) is 0 Å². The molecule has 0 amide bonds. The van der Waals surface area contributed by atoms with Crippen LogP contribution in [-0.4, -0.2) is 29.3 Å². The largest absolute Gasteiger partial charge is 0.379 e. The van der Waals surface area contributed by atoms with E-state index in [1.54, 1.807) is 7.11 Å². The molecule has 1 fully saturated rings. The topological polar surface area (TPSA) is 18.5 Å². The first-order valence-corrected chi connectivity index (χ1v) is 8.10. The van der Waals surface area contributed by atoms with Crippen LogP contribution < -0.4 is 0 Å². The minimum absolute atomic E-state index is 0.0532. The molecule has 102 valence electrons. The first-order valence-electron chi connectivity index (χ1n) is 6.86. The molecule has 0 aromatic rings. The Morgan fingerprint density at radius 3 is 2.41 bits per heavy atom. The number of halogens is 1. The molecule has 2 atom stereocenters. The smallest absolute Gasteiger partial charge is 0.0692 e. The van der Waals surface area contributed by atoms with Crippen LogP contribution in [0, 0.1) is 0 Å². The van der Waals surface area contributed by atoms with Crippen molar-refractivity contribution in [3.05, 3.63) is 0 Å². The molecule has 1 saturated carbocycles. The van der Waals surface area contributed by atoms with Gasteiger partial charge in [0.25, 0.3) is 0 Å². The van der Waals surface area contributed by atoms with Gasteiger partial charge in [-0.05, 0) is 33.1 Å². The molecule has 0 heterocycles. The van der Waals surface area contributed by atoms with Crippen molar-refractivity contribution in [2.75, 3.05) is 13.7 Å². The van der Waals surface area contributed by atoms with E-state index >= 15 is 0 Å². The lowest BCUT2D eigenvalue weighted by Gasteiger charge is -2.28. The summed E-state index contributed by atoms with van der Waals surface area (Å²) in [5, 5.41) is 0. The van der Waals surface area contributed by atoms with Crippen LogP contribution in [0.1, 0.15) is 58.8 Å². The van der Waals surface area contributed by atoms with Gasteiger partial charge in [0.2, 0.25) is 0 Å². The van der Waals surface area contributed by atoms with Gasteiger partial charge in [-0.3, -0.25) is 0 Å². The number of rotatable bonds is 5. The molecule has 1 rings (SSSR count). The SMILES string of the molecule is COC(C)(C)CCOC1CCCCCCC1I. The van der Waals surface area contributed by atoms with Crippen LogP contribution in [0.15, 0.2) is 0 Å². The number of alkyl halides is 1. The van der Waals surface area contributed by atoms with Crippen molar-refractivity contribution in [1.82, 2.24) is 0 Å². The third kappa shape index (κ3) is 6.39. The molecular weight excluding hydrogens is 327 g/mol. The normalized spacial score (nSPS) is 27.5. The zero-order valence-corrected chi connectivity index (χ0v) is 13.7. The molecule has 0 spiro atoms. The Labute approximate surface area is 120 Å². The van der Waals surface area contributed by atoms with Gasteiger partial charge in [0.1, 0.15) is 0 Å². The lowest BCUT2D eigenvalue weighted by atomic mass is 9.98. The van der Waals surface area contributed by atoms with E-state index in [0.717, 1.165) is 13.0 Å². The van der Waals surface area contributed by atoms with E-state index in [9.17, 15) is 0 Å². The lowest BCUT2D eigenvalue weighted by Crippen LogP contribution is -2.30. The second-order valence-electron chi connectivity index (χ2n) is 5.63. The monoisotopic (exact) mass is 354 g/mol. The molecule has 0 bridgehead atoms. The van der Waals surface area contributed by atoms with Gasteiger partial charge in [-0.25, -0.2) is 0 Å². The minimum atomic E-state index is -0.0532. The highest BCUT2D eigenvalue weighted by molar-refractivity contribution is 14.1. The van der Waals surface area contributed by atoms with E-state index in [1.807, 2.05) is 0 Å². The third-order valence-corrected chi connectivity index (χ3v) is 5.14. The molecular formula is C14H27IO2. The number of methoxy groups -OCH3 is 1. The summed E-state index contributed by atoms with van der Waals surface area (Å²) in [5.41, 5.74) is -0.0532. The average Bonchev–Trinajstić information content (AvgIpc) is 2.28. The van der Waals surface area contributed by atoms with E-state index in [1.165, 1.54) is 38.5 Å². The van der Waals surface area contributed by atoms with Gasteiger partial charge in [0.05, 0.1) is 11.7 Å². The zero-order valence-electron chi connectivity index (χ0n) is 11.5. The Bertz CT molecular complexity index is 206. The van der Waals surface area contributed by atoms with Crippen LogP contribution in [0.3, 0.4) is 0 Å². The molecule has 1 aliphatic carbocycles. The fourth-order valence-corrected chi connectivity index (χ4v) is 3.16. The first-order chi connectivity index (χ1) is 8.05. The van der Waals surface area contributed by atoms with Gasteiger partial charge in [0.15, 0.2) is 0 Å². The van der Waals surface area contributed by atoms with Crippen molar-refractivity contribution in [3.63, 3.8) is 0 Å². The van der Waals surface area contributed by atoms with Crippen LogP contribution in [0.5, 0.6) is 0 Å². The van der Waals surface area contributed by atoms with Crippen LogP contribution in [0.25, 0.3) is 0 Å². The van der Waals surface area contributed by atoms with Gasteiger partial charge in [-0.1, -0.05) is 48.3 Å². The predicted octanol–water partition coefficient (Wildman–Crippen LogP) is 4.34. The zero-order chi connectivity index (χ0) is 12.7. The Balaban J connectivity index is 2.27. The van der Waals surface area contributed by atoms with E-state index in [-0.39, 0.29) is 5.60 Å².